The molecule has 0 unspecified atom stereocenters. The Morgan fingerprint density at radius 2 is 1.88 bits per heavy atom. The number of aryl methyl sites for hydroxylation is 1. The van der Waals surface area contributed by atoms with E-state index in [2.05, 4.69) is 12.1 Å². The van der Waals surface area contributed by atoms with Crippen molar-refractivity contribution in [3.05, 3.63) is 35.9 Å². The van der Waals surface area contributed by atoms with Crippen molar-refractivity contribution in [2.24, 2.45) is 0 Å². The van der Waals surface area contributed by atoms with Gasteiger partial charge in [-0.3, -0.25) is 4.79 Å². The summed E-state index contributed by atoms with van der Waals surface area (Å²) in [7, 11) is 0. The minimum Gasteiger partial charge on any atom is -0.297 e. The van der Waals surface area contributed by atoms with Crippen LogP contribution in [0, 0.1) is 0 Å². The molecule has 0 atom stereocenters. The van der Waals surface area contributed by atoms with Crippen molar-refractivity contribution in [1.82, 2.24) is 0 Å². The molecule has 1 saturated heterocycles. The van der Waals surface area contributed by atoms with Crippen molar-refractivity contribution in [2.75, 3.05) is 11.5 Å². The highest BCUT2D eigenvalue weighted by Crippen LogP contribution is 2.32. The Kier molecular flexibility index (Phi) is 4.79. The fourth-order valence-corrected chi connectivity index (χ4v) is 4.51. The van der Waals surface area contributed by atoms with Crippen LogP contribution in [0.3, 0.4) is 0 Å². The first-order valence-corrected chi connectivity index (χ1v) is 7.76. The molecule has 0 aliphatic carbocycles. The highest BCUT2D eigenvalue weighted by atomic mass is 32.2. The molecule has 86 valence electrons. The van der Waals surface area contributed by atoms with E-state index in [0.717, 1.165) is 17.9 Å². The number of ketones is 1. The maximum Gasteiger partial charge on any atom is 0.156 e. The molecule has 1 aliphatic heterocycles. The van der Waals surface area contributed by atoms with Gasteiger partial charge in [-0.25, -0.2) is 0 Å². The molecule has 0 saturated carbocycles. The fourth-order valence-electron chi connectivity index (χ4n) is 1.70. The third-order valence-electron chi connectivity index (χ3n) is 2.59. The van der Waals surface area contributed by atoms with Gasteiger partial charge in [-0.1, -0.05) is 30.3 Å². The van der Waals surface area contributed by atoms with Crippen LogP contribution in [0.5, 0.6) is 0 Å². The molecule has 3 heteroatoms. The topological polar surface area (TPSA) is 17.1 Å². The predicted molar refractivity (Wildman–Crippen MR) is 73.1 cm³/mol. The van der Waals surface area contributed by atoms with Gasteiger partial charge in [0.05, 0.1) is 0 Å². The Morgan fingerprint density at radius 3 is 2.56 bits per heavy atom. The van der Waals surface area contributed by atoms with Gasteiger partial charge < -0.3 is 0 Å². The van der Waals surface area contributed by atoms with E-state index < -0.39 is 0 Å². The zero-order valence-corrected chi connectivity index (χ0v) is 10.9. The van der Waals surface area contributed by atoms with Crippen molar-refractivity contribution in [3.63, 3.8) is 0 Å². The number of carbonyl (C=O) groups excluding carboxylic acids is 1. The van der Waals surface area contributed by atoms with Gasteiger partial charge in [0.1, 0.15) is 4.58 Å². The minimum atomic E-state index is 0.206. The van der Waals surface area contributed by atoms with Crippen molar-refractivity contribution >= 4 is 29.3 Å². The van der Waals surface area contributed by atoms with E-state index in [1.807, 2.05) is 41.7 Å². The average molecular weight is 252 g/mol. The molecule has 0 bridgehead atoms. The number of rotatable bonds is 4. The monoisotopic (exact) mass is 252 g/mol. The lowest BCUT2D eigenvalue weighted by Crippen LogP contribution is -2.18. The van der Waals surface area contributed by atoms with E-state index in [1.165, 1.54) is 12.0 Å². The standard InChI is InChI=1S/C13H16OS2/c14-12(13-15-9-4-10-16-13)8-7-11-5-2-1-3-6-11/h1-3,5-6,13H,4,7-10H2. The number of thioether (sulfide) groups is 2. The second kappa shape index (κ2) is 6.36. The average Bonchev–Trinajstić information content (AvgIpc) is 2.38. The Bertz CT molecular complexity index is 331. The van der Waals surface area contributed by atoms with Gasteiger partial charge in [0.2, 0.25) is 0 Å². The van der Waals surface area contributed by atoms with Crippen LogP contribution in [0.25, 0.3) is 0 Å². The quantitative estimate of drug-likeness (QED) is 0.817. The summed E-state index contributed by atoms with van der Waals surface area (Å²) in [5.74, 6) is 2.71. The summed E-state index contributed by atoms with van der Waals surface area (Å²) in [6.45, 7) is 0. The minimum absolute atomic E-state index is 0.206. The van der Waals surface area contributed by atoms with Gasteiger partial charge in [-0.15, -0.1) is 23.5 Å². The Labute approximate surface area is 105 Å². The highest BCUT2D eigenvalue weighted by Gasteiger charge is 2.21. The molecule has 2 rings (SSSR count). The fraction of sp³-hybridized carbons (Fsp3) is 0.462. The Hall–Kier alpha value is -0.410. The number of carbonyl (C=O) groups is 1. The summed E-state index contributed by atoms with van der Waals surface area (Å²) < 4.78 is 0.206. The summed E-state index contributed by atoms with van der Waals surface area (Å²) in [5, 5.41) is 0. The SMILES string of the molecule is O=C(CCc1ccccc1)C1SCCCS1. The Morgan fingerprint density at radius 1 is 1.19 bits per heavy atom. The Balaban J connectivity index is 1.79. The zero-order chi connectivity index (χ0) is 11.2. The molecule has 1 nitrogen and oxygen atoms in total. The van der Waals surface area contributed by atoms with Crippen LogP contribution in [-0.4, -0.2) is 21.9 Å². The summed E-state index contributed by atoms with van der Waals surface area (Å²) in [5.41, 5.74) is 1.27. The summed E-state index contributed by atoms with van der Waals surface area (Å²) in [4.78, 5) is 11.9. The van der Waals surface area contributed by atoms with E-state index in [9.17, 15) is 4.79 Å². The van der Waals surface area contributed by atoms with Crippen molar-refractivity contribution in [3.8, 4) is 0 Å². The molecular weight excluding hydrogens is 236 g/mol. The zero-order valence-electron chi connectivity index (χ0n) is 9.22. The lowest BCUT2D eigenvalue weighted by atomic mass is 10.1. The van der Waals surface area contributed by atoms with Crippen molar-refractivity contribution < 1.29 is 4.79 Å². The van der Waals surface area contributed by atoms with Gasteiger partial charge in [0.15, 0.2) is 5.78 Å². The maximum atomic E-state index is 11.9. The molecule has 0 spiro atoms. The smallest absolute Gasteiger partial charge is 0.156 e. The number of hydrogen-bond acceptors (Lipinski definition) is 3. The van der Waals surface area contributed by atoms with Crippen molar-refractivity contribution in [2.45, 2.75) is 23.8 Å². The van der Waals surface area contributed by atoms with Crippen LogP contribution in [0.1, 0.15) is 18.4 Å². The highest BCUT2D eigenvalue weighted by molar-refractivity contribution is 8.18. The molecule has 1 aliphatic rings. The number of benzene rings is 1. The lowest BCUT2D eigenvalue weighted by Gasteiger charge is -2.19. The summed E-state index contributed by atoms with van der Waals surface area (Å²) in [6, 6.07) is 10.3. The molecule has 1 aromatic rings. The molecule has 1 aromatic carbocycles. The number of Topliss-reactive ketones (excluding diaryl/α,β-unsaturated/α-hetero) is 1. The first kappa shape index (κ1) is 12.1. The lowest BCUT2D eigenvalue weighted by molar-refractivity contribution is -0.117. The number of hydrogen-bond donors (Lipinski definition) is 0. The van der Waals surface area contributed by atoms with Crippen LogP contribution < -0.4 is 0 Å². The largest absolute Gasteiger partial charge is 0.297 e. The first-order valence-electron chi connectivity index (χ1n) is 5.66. The summed E-state index contributed by atoms with van der Waals surface area (Å²) in [6.07, 6.45) is 2.82. The molecule has 0 N–H and O–H groups in total. The van der Waals surface area contributed by atoms with E-state index in [4.69, 9.17) is 0 Å². The second-order valence-corrected chi connectivity index (χ2v) is 6.60. The van der Waals surface area contributed by atoms with E-state index in [0.29, 0.717) is 12.2 Å². The molecule has 1 heterocycles. The second-order valence-electron chi connectivity index (χ2n) is 3.88. The molecule has 1 fully saturated rings. The van der Waals surface area contributed by atoms with E-state index >= 15 is 0 Å². The summed E-state index contributed by atoms with van der Waals surface area (Å²) >= 11 is 3.64. The van der Waals surface area contributed by atoms with Gasteiger partial charge >= 0.3 is 0 Å². The van der Waals surface area contributed by atoms with Crippen LogP contribution in [0.15, 0.2) is 30.3 Å². The van der Waals surface area contributed by atoms with E-state index in [1.54, 1.807) is 0 Å². The predicted octanol–water partition coefficient (Wildman–Crippen LogP) is 3.38. The van der Waals surface area contributed by atoms with Gasteiger partial charge in [0, 0.05) is 6.42 Å². The third kappa shape index (κ3) is 3.56. The van der Waals surface area contributed by atoms with Crippen LogP contribution in [0.2, 0.25) is 0 Å². The molecule has 0 aromatic heterocycles. The van der Waals surface area contributed by atoms with E-state index in [-0.39, 0.29) is 4.58 Å². The third-order valence-corrected chi connectivity index (χ3v) is 5.59. The molecule has 0 radical (unpaired) electrons. The van der Waals surface area contributed by atoms with Crippen molar-refractivity contribution in [1.29, 1.82) is 0 Å². The van der Waals surface area contributed by atoms with Crippen LogP contribution in [-0.2, 0) is 11.2 Å². The first-order chi connectivity index (χ1) is 7.86. The van der Waals surface area contributed by atoms with Gasteiger partial charge in [-0.05, 0) is 29.9 Å². The molecule has 16 heavy (non-hydrogen) atoms. The van der Waals surface area contributed by atoms with Crippen LogP contribution >= 0.6 is 23.5 Å². The molecular formula is C13H16OS2. The van der Waals surface area contributed by atoms with Gasteiger partial charge in [-0.2, -0.15) is 0 Å². The molecule has 0 amide bonds. The maximum absolute atomic E-state index is 11.9. The van der Waals surface area contributed by atoms with Gasteiger partial charge in [0.25, 0.3) is 0 Å². The van der Waals surface area contributed by atoms with Crippen LogP contribution in [0.4, 0.5) is 0 Å². The normalized spacial score (nSPS) is 17.2.